The first-order chi connectivity index (χ1) is 12.0. The smallest absolute Gasteiger partial charge is 0.407 e. The number of nitrogens with zero attached hydrogens (tertiary/aromatic N) is 3. The molecule has 25 heavy (non-hydrogen) atoms. The number of carbonyl (C=O) groups excluding carboxylic acids is 1. The molecule has 0 bridgehead atoms. The van der Waals surface area contributed by atoms with Gasteiger partial charge in [-0.05, 0) is 18.9 Å². The predicted octanol–water partition coefficient (Wildman–Crippen LogP) is 2.68. The lowest BCUT2D eigenvalue weighted by atomic mass is 10.1. The van der Waals surface area contributed by atoms with Crippen LogP contribution < -0.4 is 5.76 Å². The normalized spacial score (nSPS) is 15.9. The number of benzene rings is 1. The predicted molar refractivity (Wildman–Crippen MR) is 91.4 cm³/mol. The fourth-order valence-electron chi connectivity index (χ4n) is 3.41. The summed E-state index contributed by atoms with van der Waals surface area (Å²) in [6, 6.07) is 4.14. The standard InChI is InChI=1S/C17H21N3O5/c1-18(12-6-4-2-3-5-7-12)16(21)11-19-14-9-8-13(20(23)24)10-15(14)25-17(19)22/h8-10,12H,2-7,11H2,1H3. The minimum atomic E-state index is -0.682. The Hall–Kier alpha value is -2.64. The van der Waals surface area contributed by atoms with Gasteiger partial charge in [0.2, 0.25) is 5.91 Å². The van der Waals surface area contributed by atoms with E-state index in [9.17, 15) is 19.7 Å². The number of oxazole rings is 1. The van der Waals surface area contributed by atoms with Crippen LogP contribution >= 0.6 is 0 Å². The third-order valence-corrected chi connectivity index (χ3v) is 4.92. The Morgan fingerprint density at radius 3 is 2.64 bits per heavy atom. The van der Waals surface area contributed by atoms with Crippen molar-refractivity contribution in [1.29, 1.82) is 0 Å². The van der Waals surface area contributed by atoms with Gasteiger partial charge in [-0.15, -0.1) is 0 Å². The summed E-state index contributed by atoms with van der Waals surface area (Å²) in [5, 5.41) is 10.8. The van der Waals surface area contributed by atoms with Crippen molar-refractivity contribution >= 4 is 22.7 Å². The molecular weight excluding hydrogens is 326 g/mol. The van der Waals surface area contributed by atoms with Crippen molar-refractivity contribution in [2.24, 2.45) is 0 Å². The van der Waals surface area contributed by atoms with Crippen LogP contribution in [0.5, 0.6) is 0 Å². The fourth-order valence-corrected chi connectivity index (χ4v) is 3.41. The van der Waals surface area contributed by atoms with Crippen molar-refractivity contribution < 1.29 is 14.1 Å². The Morgan fingerprint density at radius 2 is 2.00 bits per heavy atom. The fraction of sp³-hybridized carbons (Fsp3) is 0.529. The topological polar surface area (TPSA) is 98.6 Å². The Bertz CT molecular complexity index is 846. The lowest BCUT2D eigenvalue weighted by Crippen LogP contribution is -2.39. The summed E-state index contributed by atoms with van der Waals surface area (Å²) in [4.78, 5) is 36.7. The van der Waals surface area contributed by atoms with E-state index >= 15 is 0 Å². The zero-order valence-electron chi connectivity index (χ0n) is 14.1. The van der Waals surface area contributed by atoms with E-state index in [0.717, 1.165) is 25.7 Å². The highest BCUT2D eigenvalue weighted by Crippen LogP contribution is 2.22. The average molecular weight is 347 g/mol. The first-order valence-electron chi connectivity index (χ1n) is 8.51. The number of likely N-dealkylation sites (N-methyl/N-ethyl adjacent to an activating group) is 1. The van der Waals surface area contributed by atoms with Gasteiger partial charge in [0.25, 0.3) is 5.69 Å². The molecule has 3 rings (SSSR count). The number of rotatable bonds is 4. The van der Waals surface area contributed by atoms with Crippen molar-refractivity contribution in [2.75, 3.05) is 7.05 Å². The maximum atomic E-state index is 12.6. The summed E-state index contributed by atoms with van der Waals surface area (Å²) in [6.07, 6.45) is 6.58. The van der Waals surface area contributed by atoms with Gasteiger partial charge in [0, 0.05) is 19.2 Å². The van der Waals surface area contributed by atoms with E-state index in [2.05, 4.69) is 0 Å². The molecule has 1 fully saturated rings. The van der Waals surface area contributed by atoms with Crippen molar-refractivity contribution in [2.45, 2.75) is 51.1 Å². The van der Waals surface area contributed by atoms with Gasteiger partial charge in [-0.1, -0.05) is 25.7 Å². The number of fused-ring (bicyclic) bond motifs is 1. The van der Waals surface area contributed by atoms with Crippen LogP contribution in [0.1, 0.15) is 38.5 Å². The van der Waals surface area contributed by atoms with Gasteiger partial charge in [-0.2, -0.15) is 0 Å². The molecule has 1 aromatic heterocycles. The number of non-ortho nitro benzene ring substituents is 1. The number of hydrogen-bond acceptors (Lipinski definition) is 5. The van der Waals surface area contributed by atoms with Crippen LogP contribution in [0.15, 0.2) is 27.4 Å². The summed E-state index contributed by atoms with van der Waals surface area (Å²) in [7, 11) is 1.77. The van der Waals surface area contributed by atoms with E-state index in [4.69, 9.17) is 4.42 Å². The first-order valence-corrected chi connectivity index (χ1v) is 8.51. The molecule has 134 valence electrons. The van der Waals surface area contributed by atoms with E-state index in [1.807, 2.05) is 0 Å². The van der Waals surface area contributed by atoms with Crippen molar-refractivity contribution in [1.82, 2.24) is 9.47 Å². The van der Waals surface area contributed by atoms with Gasteiger partial charge < -0.3 is 9.32 Å². The Morgan fingerprint density at radius 1 is 1.32 bits per heavy atom. The first kappa shape index (κ1) is 17.2. The van der Waals surface area contributed by atoms with Crippen LogP contribution in [0.25, 0.3) is 11.1 Å². The molecule has 0 spiro atoms. The van der Waals surface area contributed by atoms with E-state index in [0.29, 0.717) is 5.52 Å². The molecule has 8 heteroatoms. The van der Waals surface area contributed by atoms with Crippen LogP contribution in [0.3, 0.4) is 0 Å². The molecule has 0 radical (unpaired) electrons. The van der Waals surface area contributed by atoms with Gasteiger partial charge in [0.05, 0.1) is 16.5 Å². The van der Waals surface area contributed by atoms with Crippen LogP contribution in [0.2, 0.25) is 0 Å². The van der Waals surface area contributed by atoms with Crippen LogP contribution in [0, 0.1) is 10.1 Å². The Labute approximate surface area is 144 Å². The molecule has 0 atom stereocenters. The van der Waals surface area contributed by atoms with E-state index in [1.165, 1.54) is 35.6 Å². The number of nitro groups is 1. The van der Waals surface area contributed by atoms with Gasteiger partial charge in [-0.3, -0.25) is 19.5 Å². The highest BCUT2D eigenvalue weighted by atomic mass is 16.6. The monoisotopic (exact) mass is 347 g/mol. The number of aromatic nitrogens is 1. The lowest BCUT2D eigenvalue weighted by Gasteiger charge is -2.27. The third-order valence-electron chi connectivity index (χ3n) is 4.92. The van der Waals surface area contributed by atoms with Crippen LogP contribution in [-0.4, -0.2) is 33.4 Å². The second-order valence-electron chi connectivity index (χ2n) is 6.51. The van der Waals surface area contributed by atoms with E-state index in [1.54, 1.807) is 11.9 Å². The largest absolute Gasteiger partial charge is 0.420 e. The highest BCUT2D eigenvalue weighted by molar-refractivity contribution is 5.80. The molecule has 1 aliphatic rings. The summed E-state index contributed by atoms with van der Waals surface area (Å²) in [5.41, 5.74) is 0.345. The Kier molecular flexibility index (Phi) is 4.87. The van der Waals surface area contributed by atoms with Gasteiger partial charge in [0.1, 0.15) is 6.54 Å². The van der Waals surface area contributed by atoms with Crippen molar-refractivity contribution in [3.05, 3.63) is 38.9 Å². The molecule has 2 aromatic rings. The van der Waals surface area contributed by atoms with E-state index in [-0.39, 0.29) is 29.8 Å². The SMILES string of the molecule is CN(C(=O)Cn1c(=O)oc2cc([N+](=O)[O-])ccc21)C1CCCCCC1. The second-order valence-corrected chi connectivity index (χ2v) is 6.51. The molecule has 0 unspecified atom stereocenters. The molecule has 1 saturated carbocycles. The molecule has 8 nitrogen and oxygen atoms in total. The number of nitro benzene ring substituents is 1. The average Bonchev–Trinajstić information content (AvgIpc) is 2.78. The molecule has 0 N–H and O–H groups in total. The van der Waals surface area contributed by atoms with Crippen molar-refractivity contribution in [3.63, 3.8) is 0 Å². The number of hydrogen-bond donors (Lipinski definition) is 0. The van der Waals surface area contributed by atoms with Crippen LogP contribution in [0.4, 0.5) is 5.69 Å². The summed E-state index contributed by atoms with van der Waals surface area (Å²) < 4.78 is 6.30. The van der Waals surface area contributed by atoms with Gasteiger partial charge in [0.15, 0.2) is 5.58 Å². The minimum absolute atomic E-state index is 0.115. The molecule has 1 aromatic carbocycles. The number of carbonyl (C=O) groups is 1. The Balaban J connectivity index is 1.82. The summed E-state index contributed by atoms with van der Waals surface area (Å²) >= 11 is 0. The zero-order valence-corrected chi connectivity index (χ0v) is 14.1. The molecular formula is C17H21N3O5. The molecule has 0 saturated heterocycles. The quantitative estimate of drug-likeness (QED) is 0.481. The zero-order chi connectivity index (χ0) is 18.0. The maximum absolute atomic E-state index is 12.6. The number of amides is 1. The summed E-state index contributed by atoms with van der Waals surface area (Å²) in [5.74, 6) is -0.840. The molecule has 1 heterocycles. The third kappa shape index (κ3) is 3.57. The molecule has 0 aliphatic heterocycles. The molecule has 1 amide bonds. The lowest BCUT2D eigenvalue weighted by molar-refractivity contribution is -0.384. The van der Waals surface area contributed by atoms with Gasteiger partial charge >= 0.3 is 5.76 Å². The van der Waals surface area contributed by atoms with Gasteiger partial charge in [-0.25, -0.2) is 4.79 Å². The summed E-state index contributed by atoms with van der Waals surface area (Å²) in [6.45, 7) is -0.128. The van der Waals surface area contributed by atoms with Crippen LogP contribution in [-0.2, 0) is 11.3 Å². The maximum Gasteiger partial charge on any atom is 0.420 e. The minimum Gasteiger partial charge on any atom is -0.407 e. The highest BCUT2D eigenvalue weighted by Gasteiger charge is 2.23. The second kappa shape index (κ2) is 7.08. The van der Waals surface area contributed by atoms with E-state index < -0.39 is 10.7 Å². The molecule has 1 aliphatic carbocycles. The van der Waals surface area contributed by atoms with Crippen molar-refractivity contribution in [3.8, 4) is 0 Å².